The number of carbonyl (C=O) groups excluding carboxylic acids is 1. The molecule has 0 unspecified atom stereocenters. The quantitative estimate of drug-likeness (QED) is 0.823. The number of hydrogen-bond acceptors (Lipinski definition) is 5. The molecule has 2 rings (SSSR count). The number of hydrogen-bond donors (Lipinski definition) is 1. The molecule has 0 spiro atoms. The molecule has 20 heavy (non-hydrogen) atoms. The van der Waals surface area contributed by atoms with Crippen LogP contribution in [0.25, 0.3) is 9.75 Å². The van der Waals surface area contributed by atoms with Crippen LogP contribution >= 0.6 is 34.3 Å². The summed E-state index contributed by atoms with van der Waals surface area (Å²) in [6.07, 6.45) is 0.754. The number of esters is 1. The van der Waals surface area contributed by atoms with Gasteiger partial charge in [0.05, 0.1) is 27.1 Å². The van der Waals surface area contributed by atoms with E-state index in [4.69, 9.17) is 22.1 Å². The summed E-state index contributed by atoms with van der Waals surface area (Å²) >= 11 is 9.28. The molecular formula is C14H16ClNO2S2. The standard InChI is InChI=1S/C14H16ClNO2S2/c1-4-8-10(16)13(14(17)18-5-2)20-11(8)12-9(15)7(3)6-19-12/h6H,4-5,16H2,1-3H3. The highest BCUT2D eigenvalue weighted by atomic mass is 35.5. The molecule has 0 amide bonds. The average molecular weight is 330 g/mol. The monoisotopic (exact) mass is 329 g/mol. The number of rotatable bonds is 4. The lowest BCUT2D eigenvalue weighted by atomic mass is 10.1. The summed E-state index contributed by atoms with van der Waals surface area (Å²) in [6.45, 7) is 6.11. The third-order valence-electron chi connectivity index (χ3n) is 2.97. The van der Waals surface area contributed by atoms with Crippen LogP contribution in [0.1, 0.15) is 34.6 Å². The van der Waals surface area contributed by atoms with Crippen molar-refractivity contribution in [1.82, 2.24) is 0 Å². The Morgan fingerprint density at radius 3 is 2.60 bits per heavy atom. The van der Waals surface area contributed by atoms with Gasteiger partial charge in [0.25, 0.3) is 0 Å². The molecule has 0 saturated carbocycles. The minimum Gasteiger partial charge on any atom is -0.462 e. The van der Waals surface area contributed by atoms with Crippen LogP contribution in [-0.2, 0) is 11.2 Å². The largest absolute Gasteiger partial charge is 0.462 e. The zero-order valence-electron chi connectivity index (χ0n) is 11.6. The van der Waals surface area contributed by atoms with Crippen LogP contribution in [0.2, 0.25) is 5.02 Å². The lowest BCUT2D eigenvalue weighted by Gasteiger charge is -2.01. The van der Waals surface area contributed by atoms with E-state index in [1.54, 1.807) is 18.3 Å². The molecule has 0 aromatic carbocycles. The van der Waals surface area contributed by atoms with Crippen LogP contribution < -0.4 is 5.73 Å². The van der Waals surface area contributed by atoms with Crippen molar-refractivity contribution < 1.29 is 9.53 Å². The lowest BCUT2D eigenvalue weighted by molar-refractivity contribution is 0.0533. The summed E-state index contributed by atoms with van der Waals surface area (Å²) in [6, 6.07) is 0. The minimum absolute atomic E-state index is 0.339. The van der Waals surface area contributed by atoms with E-state index in [1.165, 1.54) is 11.3 Å². The van der Waals surface area contributed by atoms with Gasteiger partial charge >= 0.3 is 5.97 Å². The normalized spacial score (nSPS) is 10.8. The van der Waals surface area contributed by atoms with E-state index in [9.17, 15) is 4.79 Å². The Balaban J connectivity index is 2.57. The van der Waals surface area contributed by atoms with Crippen LogP contribution in [0, 0.1) is 6.92 Å². The zero-order chi connectivity index (χ0) is 14.9. The lowest BCUT2D eigenvalue weighted by Crippen LogP contribution is -2.05. The van der Waals surface area contributed by atoms with Crippen LogP contribution in [0.3, 0.4) is 0 Å². The molecule has 2 heterocycles. The van der Waals surface area contributed by atoms with E-state index in [1.807, 2.05) is 19.2 Å². The molecule has 108 valence electrons. The van der Waals surface area contributed by atoms with Gasteiger partial charge in [-0.25, -0.2) is 4.79 Å². The Bertz CT molecular complexity index is 646. The van der Waals surface area contributed by atoms with Gasteiger partial charge in [-0.1, -0.05) is 18.5 Å². The van der Waals surface area contributed by atoms with Crippen molar-refractivity contribution in [2.45, 2.75) is 27.2 Å². The average Bonchev–Trinajstić information content (AvgIpc) is 2.91. The van der Waals surface area contributed by atoms with Crippen molar-refractivity contribution in [3.63, 3.8) is 0 Å². The second kappa shape index (κ2) is 6.16. The van der Waals surface area contributed by atoms with Gasteiger partial charge < -0.3 is 10.5 Å². The third kappa shape index (κ3) is 2.57. The highest BCUT2D eigenvalue weighted by Crippen LogP contribution is 2.45. The summed E-state index contributed by atoms with van der Waals surface area (Å²) in [5, 5.41) is 2.75. The fourth-order valence-electron chi connectivity index (χ4n) is 1.94. The van der Waals surface area contributed by atoms with Crippen molar-refractivity contribution >= 4 is 45.9 Å². The number of nitrogen functional groups attached to an aromatic ring is 1. The number of carbonyl (C=O) groups is 1. The second-order valence-electron chi connectivity index (χ2n) is 4.29. The van der Waals surface area contributed by atoms with E-state index in [0.29, 0.717) is 17.2 Å². The first-order valence-corrected chi connectivity index (χ1v) is 8.40. The molecule has 0 aliphatic carbocycles. The highest BCUT2D eigenvalue weighted by molar-refractivity contribution is 7.23. The Kier molecular flexibility index (Phi) is 4.73. The smallest absolute Gasteiger partial charge is 0.350 e. The first kappa shape index (κ1) is 15.4. The maximum Gasteiger partial charge on any atom is 0.350 e. The predicted molar refractivity (Wildman–Crippen MR) is 87.1 cm³/mol. The van der Waals surface area contributed by atoms with Crippen LogP contribution in [0.15, 0.2) is 5.38 Å². The summed E-state index contributed by atoms with van der Waals surface area (Å²) in [7, 11) is 0. The van der Waals surface area contributed by atoms with Gasteiger partial charge in [-0.05, 0) is 36.8 Å². The van der Waals surface area contributed by atoms with Gasteiger partial charge in [-0.2, -0.15) is 0 Å². The summed E-state index contributed by atoms with van der Waals surface area (Å²) in [5.41, 5.74) is 8.65. The van der Waals surface area contributed by atoms with Gasteiger partial charge in [0, 0.05) is 0 Å². The van der Waals surface area contributed by atoms with E-state index < -0.39 is 0 Å². The van der Waals surface area contributed by atoms with Gasteiger partial charge in [-0.3, -0.25) is 0 Å². The first-order chi connectivity index (χ1) is 9.51. The van der Waals surface area contributed by atoms with E-state index in [-0.39, 0.29) is 5.97 Å². The van der Waals surface area contributed by atoms with Crippen molar-refractivity contribution in [1.29, 1.82) is 0 Å². The fraction of sp³-hybridized carbons (Fsp3) is 0.357. The number of halogens is 1. The molecule has 2 N–H and O–H groups in total. The number of aryl methyl sites for hydroxylation is 1. The van der Waals surface area contributed by atoms with Crippen molar-refractivity contribution in [3.8, 4) is 9.75 Å². The Hall–Kier alpha value is -1.04. The Morgan fingerprint density at radius 1 is 1.40 bits per heavy atom. The second-order valence-corrected chi connectivity index (χ2v) is 6.57. The molecule has 0 aliphatic rings. The molecular weight excluding hydrogens is 314 g/mol. The molecule has 0 radical (unpaired) electrons. The summed E-state index contributed by atoms with van der Waals surface area (Å²) in [4.78, 5) is 14.4. The van der Waals surface area contributed by atoms with Crippen LogP contribution in [-0.4, -0.2) is 12.6 Å². The Morgan fingerprint density at radius 2 is 2.10 bits per heavy atom. The van der Waals surface area contributed by atoms with Crippen LogP contribution in [0.4, 0.5) is 5.69 Å². The SMILES string of the molecule is CCOC(=O)c1sc(-c2scc(C)c2Cl)c(CC)c1N. The van der Waals surface area contributed by atoms with Gasteiger partial charge in [0.2, 0.25) is 0 Å². The van der Waals surface area contributed by atoms with E-state index >= 15 is 0 Å². The molecule has 3 nitrogen and oxygen atoms in total. The van der Waals surface area contributed by atoms with Crippen molar-refractivity contribution in [2.75, 3.05) is 12.3 Å². The Labute approximate surface area is 131 Å². The third-order valence-corrected chi connectivity index (χ3v) is 6.06. The first-order valence-electron chi connectivity index (χ1n) is 6.33. The van der Waals surface area contributed by atoms with Crippen molar-refractivity contribution in [3.05, 3.63) is 26.4 Å². The molecule has 6 heteroatoms. The number of ether oxygens (including phenoxy) is 1. The highest BCUT2D eigenvalue weighted by Gasteiger charge is 2.24. The molecule has 0 saturated heterocycles. The number of anilines is 1. The van der Waals surface area contributed by atoms with Crippen LogP contribution in [0.5, 0.6) is 0 Å². The van der Waals surface area contributed by atoms with E-state index in [2.05, 4.69) is 0 Å². The topological polar surface area (TPSA) is 52.3 Å². The molecule has 0 fully saturated rings. The van der Waals surface area contributed by atoms with Gasteiger partial charge in [0.15, 0.2) is 0 Å². The van der Waals surface area contributed by atoms with Gasteiger partial charge in [0.1, 0.15) is 4.88 Å². The van der Waals surface area contributed by atoms with E-state index in [0.717, 1.165) is 32.3 Å². The molecule has 2 aromatic heterocycles. The predicted octanol–water partition coefficient (Wildman–Crippen LogP) is 4.76. The molecule has 0 bridgehead atoms. The maximum absolute atomic E-state index is 11.9. The van der Waals surface area contributed by atoms with Gasteiger partial charge in [-0.15, -0.1) is 22.7 Å². The molecule has 0 atom stereocenters. The minimum atomic E-state index is -0.361. The molecule has 0 aliphatic heterocycles. The zero-order valence-corrected chi connectivity index (χ0v) is 14.0. The van der Waals surface area contributed by atoms with Crippen molar-refractivity contribution in [2.24, 2.45) is 0 Å². The fourth-order valence-corrected chi connectivity index (χ4v) is 4.68. The molecule has 2 aromatic rings. The summed E-state index contributed by atoms with van der Waals surface area (Å²) < 4.78 is 5.05. The summed E-state index contributed by atoms with van der Waals surface area (Å²) in [5.74, 6) is -0.361. The number of nitrogens with two attached hydrogens (primary N) is 1. The maximum atomic E-state index is 11.9. The number of thiophene rings is 2.